The maximum Gasteiger partial charge on any atom is 0.251 e. The Balaban J connectivity index is 2.59. The Labute approximate surface area is 125 Å². The zero-order valence-electron chi connectivity index (χ0n) is 12.4. The van der Waals surface area contributed by atoms with Gasteiger partial charge in [0, 0.05) is 18.7 Å². The third-order valence-corrected chi connectivity index (χ3v) is 3.98. The van der Waals surface area contributed by atoms with Crippen molar-refractivity contribution in [3.05, 3.63) is 29.3 Å². The average molecular weight is 314 g/mol. The Morgan fingerprint density at radius 2 is 2.05 bits per heavy atom. The molecule has 0 aliphatic heterocycles. The van der Waals surface area contributed by atoms with E-state index in [-0.39, 0.29) is 16.4 Å². The SMILES string of the molecule is CCCCOCCNC(=O)c1ccc(C)c(S(N)(=O)=O)c1. The molecule has 0 aromatic heterocycles. The zero-order valence-corrected chi connectivity index (χ0v) is 13.2. The van der Waals surface area contributed by atoms with Gasteiger partial charge in [-0.25, -0.2) is 13.6 Å². The summed E-state index contributed by atoms with van der Waals surface area (Å²) >= 11 is 0. The smallest absolute Gasteiger partial charge is 0.251 e. The van der Waals surface area contributed by atoms with Gasteiger partial charge < -0.3 is 10.1 Å². The summed E-state index contributed by atoms with van der Waals surface area (Å²) in [6, 6.07) is 4.42. The van der Waals surface area contributed by atoms with Crippen LogP contribution in [0.1, 0.15) is 35.7 Å². The van der Waals surface area contributed by atoms with Crippen molar-refractivity contribution >= 4 is 15.9 Å². The third kappa shape index (κ3) is 5.82. The number of aryl methyl sites for hydroxylation is 1. The molecule has 0 radical (unpaired) electrons. The van der Waals surface area contributed by atoms with E-state index in [1.807, 2.05) is 0 Å². The highest BCUT2D eigenvalue weighted by molar-refractivity contribution is 7.89. The van der Waals surface area contributed by atoms with Crippen molar-refractivity contribution in [3.63, 3.8) is 0 Å². The van der Waals surface area contributed by atoms with Gasteiger partial charge in [-0.15, -0.1) is 0 Å². The number of primary sulfonamides is 1. The van der Waals surface area contributed by atoms with E-state index in [1.165, 1.54) is 6.07 Å². The van der Waals surface area contributed by atoms with Gasteiger partial charge in [0.15, 0.2) is 0 Å². The van der Waals surface area contributed by atoms with Crippen LogP contribution in [0.4, 0.5) is 0 Å². The number of nitrogens with two attached hydrogens (primary N) is 1. The third-order valence-electron chi connectivity index (χ3n) is 2.93. The molecule has 0 saturated carbocycles. The second-order valence-corrected chi connectivity index (χ2v) is 6.28. The number of carbonyl (C=O) groups is 1. The Bertz CT molecular complexity index is 585. The molecule has 1 amide bonds. The number of unbranched alkanes of at least 4 members (excludes halogenated alkanes) is 1. The number of benzene rings is 1. The van der Waals surface area contributed by atoms with Gasteiger partial charge in [0.25, 0.3) is 5.91 Å². The number of ether oxygens (including phenoxy) is 1. The quantitative estimate of drug-likeness (QED) is 0.704. The zero-order chi connectivity index (χ0) is 15.9. The topological polar surface area (TPSA) is 98.5 Å². The first kappa shape index (κ1) is 17.6. The van der Waals surface area contributed by atoms with E-state index in [4.69, 9.17) is 9.88 Å². The Hall–Kier alpha value is -1.44. The number of rotatable bonds is 8. The van der Waals surface area contributed by atoms with Crippen molar-refractivity contribution < 1.29 is 17.9 Å². The van der Waals surface area contributed by atoms with Gasteiger partial charge >= 0.3 is 0 Å². The molecule has 0 fully saturated rings. The lowest BCUT2D eigenvalue weighted by Crippen LogP contribution is -2.27. The summed E-state index contributed by atoms with van der Waals surface area (Å²) in [6.07, 6.45) is 2.05. The molecule has 3 N–H and O–H groups in total. The summed E-state index contributed by atoms with van der Waals surface area (Å²) in [5.41, 5.74) is 0.773. The molecule has 0 spiro atoms. The van der Waals surface area contributed by atoms with Crippen LogP contribution in [0.5, 0.6) is 0 Å². The lowest BCUT2D eigenvalue weighted by Gasteiger charge is -2.08. The predicted octanol–water partition coefficient (Wildman–Crippen LogP) is 1.19. The van der Waals surface area contributed by atoms with E-state index in [1.54, 1.807) is 19.1 Å². The van der Waals surface area contributed by atoms with E-state index < -0.39 is 10.0 Å². The van der Waals surface area contributed by atoms with Crippen molar-refractivity contribution in [2.75, 3.05) is 19.8 Å². The van der Waals surface area contributed by atoms with E-state index in [0.717, 1.165) is 12.8 Å². The summed E-state index contributed by atoms with van der Waals surface area (Å²) in [7, 11) is -3.83. The second kappa shape index (κ2) is 8.11. The number of hydrogen-bond acceptors (Lipinski definition) is 4. The highest BCUT2D eigenvalue weighted by atomic mass is 32.2. The molecular formula is C14H22N2O4S. The molecule has 21 heavy (non-hydrogen) atoms. The van der Waals surface area contributed by atoms with Gasteiger partial charge in [0.05, 0.1) is 11.5 Å². The fourth-order valence-corrected chi connectivity index (χ4v) is 2.54. The normalized spacial score (nSPS) is 11.4. The summed E-state index contributed by atoms with van der Waals surface area (Å²) in [5.74, 6) is -0.348. The maximum absolute atomic E-state index is 11.9. The largest absolute Gasteiger partial charge is 0.380 e. The molecule has 1 rings (SSSR count). The van der Waals surface area contributed by atoms with Crippen LogP contribution in [-0.4, -0.2) is 34.1 Å². The minimum absolute atomic E-state index is 0.0330. The van der Waals surface area contributed by atoms with Gasteiger partial charge in [-0.05, 0) is 31.0 Å². The number of hydrogen-bond donors (Lipinski definition) is 2. The summed E-state index contributed by atoms with van der Waals surface area (Å²) < 4.78 is 28.2. The molecule has 118 valence electrons. The second-order valence-electron chi connectivity index (χ2n) is 4.75. The molecular weight excluding hydrogens is 292 g/mol. The van der Waals surface area contributed by atoms with E-state index in [2.05, 4.69) is 12.2 Å². The van der Waals surface area contributed by atoms with Crippen LogP contribution in [0.15, 0.2) is 23.1 Å². The van der Waals surface area contributed by atoms with E-state index >= 15 is 0 Å². The van der Waals surface area contributed by atoms with Crippen LogP contribution in [-0.2, 0) is 14.8 Å². The van der Waals surface area contributed by atoms with Crippen molar-refractivity contribution in [3.8, 4) is 0 Å². The minimum Gasteiger partial charge on any atom is -0.380 e. The predicted molar refractivity (Wildman–Crippen MR) is 80.6 cm³/mol. The summed E-state index contributed by atoms with van der Waals surface area (Å²) in [6.45, 7) is 5.18. The minimum atomic E-state index is -3.83. The number of nitrogens with one attached hydrogen (secondary N) is 1. The summed E-state index contributed by atoms with van der Waals surface area (Å²) in [5, 5.41) is 7.79. The van der Waals surface area contributed by atoms with Crippen molar-refractivity contribution in [2.24, 2.45) is 5.14 Å². The van der Waals surface area contributed by atoms with Crippen molar-refractivity contribution in [1.82, 2.24) is 5.32 Å². The molecule has 0 heterocycles. The lowest BCUT2D eigenvalue weighted by atomic mass is 10.1. The van der Waals surface area contributed by atoms with E-state index in [9.17, 15) is 13.2 Å². The number of carbonyl (C=O) groups excluding carboxylic acids is 1. The van der Waals surface area contributed by atoms with Crippen LogP contribution in [0, 0.1) is 6.92 Å². The Morgan fingerprint density at radius 3 is 2.67 bits per heavy atom. The fraction of sp³-hybridized carbons (Fsp3) is 0.500. The van der Waals surface area contributed by atoms with Crippen LogP contribution < -0.4 is 10.5 Å². The van der Waals surface area contributed by atoms with Crippen LogP contribution >= 0.6 is 0 Å². The van der Waals surface area contributed by atoms with Crippen LogP contribution in [0.2, 0.25) is 0 Å². The Kier molecular flexibility index (Phi) is 6.80. The first-order valence-electron chi connectivity index (χ1n) is 6.85. The molecule has 0 aliphatic rings. The number of amides is 1. The van der Waals surface area contributed by atoms with Gasteiger partial charge in [0.2, 0.25) is 10.0 Å². The standard InChI is InChI=1S/C14H22N2O4S/c1-3-4-8-20-9-7-16-14(17)12-6-5-11(2)13(10-12)21(15,18)19/h5-6,10H,3-4,7-9H2,1-2H3,(H,16,17)(H2,15,18,19). The molecule has 1 aromatic rings. The molecule has 0 unspecified atom stereocenters. The highest BCUT2D eigenvalue weighted by Crippen LogP contribution is 2.15. The van der Waals surface area contributed by atoms with Crippen molar-refractivity contribution in [1.29, 1.82) is 0 Å². The van der Waals surface area contributed by atoms with Crippen molar-refractivity contribution in [2.45, 2.75) is 31.6 Å². The van der Waals surface area contributed by atoms with Gasteiger partial charge in [-0.2, -0.15) is 0 Å². The van der Waals surface area contributed by atoms with Crippen LogP contribution in [0.3, 0.4) is 0 Å². The molecule has 0 bridgehead atoms. The molecule has 7 heteroatoms. The van der Waals surface area contributed by atoms with Gasteiger partial charge in [-0.3, -0.25) is 4.79 Å². The van der Waals surface area contributed by atoms with Crippen LogP contribution in [0.25, 0.3) is 0 Å². The Morgan fingerprint density at radius 1 is 1.33 bits per heavy atom. The first-order chi connectivity index (χ1) is 9.86. The molecule has 1 aromatic carbocycles. The maximum atomic E-state index is 11.9. The lowest BCUT2D eigenvalue weighted by molar-refractivity contribution is 0.0912. The molecule has 0 saturated heterocycles. The fourth-order valence-electron chi connectivity index (χ4n) is 1.74. The van der Waals surface area contributed by atoms with E-state index in [0.29, 0.717) is 25.3 Å². The first-order valence-corrected chi connectivity index (χ1v) is 8.40. The summed E-state index contributed by atoms with van der Waals surface area (Å²) in [4.78, 5) is 11.9. The molecule has 0 aliphatic carbocycles. The average Bonchev–Trinajstić information content (AvgIpc) is 2.41. The molecule has 6 nitrogen and oxygen atoms in total. The number of sulfonamides is 1. The monoisotopic (exact) mass is 314 g/mol. The molecule has 0 atom stereocenters. The van der Waals surface area contributed by atoms with Gasteiger partial charge in [0.1, 0.15) is 0 Å². The highest BCUT2D eigenvalue weighted by Gasteiger charge is 2.14. The van der Waals surface area contributed by atoms with Gasteiger partial charge in [-0.1, -0.05) is 19.4 Å².